The third-order valence-electron chi connectivity index (χ3n) is 3.22. The second-order valence-electron chi connectivity index (χ2n) is 4.90. The smallest absolute Gasteiger partial charge is 0.313 e. The summed E-state index contributed by atoms with van der Waals surface area (Å²) in [5.74, 6) is -1.04. The first-order valence-corrected chi connectivity index (χ1v) is 5.70. The van der Waals surface area contributed by atoms with Gasteiger partial charge in [0.2, 0.25) is 5.91 Å². The average molecular weight is 244 g/mol. The molecule has 1 aliphatic heterocycles. The highest BCUT2D eigenvalue weighted by Gasteiger charge is 2.47. The zero-order valence-corrected chi connectivity index (χ0v) is 10.2. The van der Waals surface area contributed by atoms with Crippen LogP contribution in [0, 0.1) is 11.3 Å². The first-order valence-electron chi connectivity index (χ1n) is 5.70. The number of carboxylic acid groups (broad SMARTS) is 1. The predicted octanol–water partition coefficient (Wildman–Crippen LogP) is -0.423. The lowest BCUT2D eigenvalue weighted by atomic mass is 9.85. The van der Waals surface area contributed by atoms with E-state index in [1.807, 2.05) is 6.92 Å². The van der Waals surface area contributed by atoms with Crippen molar-refractivity contribution >= 4 is 11.9 Å². The lowest BCUT2D eigenvalue weighted by Crippen LogP contribution is -2.50. The molecule has 0 aromatic carbocycles. The van der Waals surface area contributed by atoms with Gasteiger partial charge < -0.3 is 20.9 Å². The molecule has 0 radical (unpaired) electrons. The largest absolute Gasteiger partial charge is 0.481 e. The highest BCUT2D eigenvalue weighted by atomic mass is 16.5. The number of nitrogens with one attached hydrogen (secondary N) is 1. The van der Waals surface area contributed by atoms with Crippen LogP contribution < -0.4 is 11.1 Å². The molecule has 3 unspecified atom stereocenters. The molecule has 4 N–H and O–H groups in total. The van der Waals surface area contributed by atoms with E-state index in [1.54, 1.807) is 6.92 Å². The molecule has 17 heavy (non-hydrogen) atoms. The van der Waals surface area contributed by atoms with E-state index >= 15 is 0 Å². The molecule has 6 heteroatoms. The summed E-state index contributed by atoms with van der Waals surface area (Å²) in [6.07, 6.45) is 0.308. The number of amides is 1. The van der Waals surface area contributed by atoms with Crippen molar-refractivity contribution in [2.24, 2.45) is 17.1 Å². The van der Waals surface area contributed by atoms with E-state index in [-0.39, 0.29) is 25.0 Å². The van der Waals surface area contributed by atoms with Crippen LogP contribution in [-0.4, -0.2) is 42.8 Å². The van der Waals surface area contributed by atoms with Gasteiger partial charge in [0.25, 0.3) is 0 Å². The normalized spacial score (nSPS) is 29.9. The Hall–Kier alpha value is -1.14. The number of aliphatic carboxylic acids is 1. The number of carbonyl (C=O) groups is 2. The molecular formula is C11H20N2O4. The molecular weight excluding hydrogens is 224 g/mol. The SMILES string of the molecule is CC(CN)CC(=O)NC1COCC1(C)C(=O)O. The highest BCUT2D eigenvalue weighted by molar-refractivity contribution is 5.80. The minimum Gasteiger partial charge on any atom is -0.481 e. The van der Waals surface area contributed by atoms with Gasteiger partial charge >= 0.3 is 5.97 Å². The minimum absolute atomic E-state index is 0.0911. The number of nitrogens with two attached hydrogens (primary N) is 1. The molecule has 0 aliphatic carbocycles. The highest BCUT2D eigenvalue weighted by Crippen LogP contribution is 2.28. The van der Waals surface area contributed by atoms with Crippen molar-refractivity contribution in [2.75, 3.05) is 19.8 Å². The standard InChI is InChI=1S/C11H20N2O4/c1-7(4-12)3-9(14)13-8-5-17-6-11(8,2)10(15)16/h7-8H,3-6,12H2,1-2H3,(H,13,14)(H,15,16). The van der Waals surface area contributed by atoms with Crippen LogP contribution in [0.15, 0.2) is 0 Å². The number of hydrogen-bond donors (Lipinski definition) is 3. The van der Waals surface area contributed by atoms with Gasteiger partial charge in [-0.05, 0) is 19.4 Å². The van der Waals surface area contributed by atoms with Crippen LogP contribution in [0.4, 0.5) is 0 Å². The molecule has 1 aliphatic rings. The van der Waals surface area contributed by atoms with Crippen molar-refractivity contribution in [3.63, 3.8) is 0 Å². The molecule has 1 fully saturated rings. The summed E-state index contributed by atoms with van der Waals surface area (Å²) in [6, 6.07) is -0.475. The second kappa shape index (κ2) is 5.46. The maximum Gasteiger partial charge on any atom is 0.313 e. The Kier molecular flexibility index (Phi) is 4.47. The van der Waals surface area contributed by atoms with Gasteiger partial charge in [0, 0.05) is 6.42 Å². The fourth-order valence-corrected chi connectivity index (χ4v) is 1.74. The van der Waals surface area contributed by atoms with E-state index in [2.05, 4.69) is 5.32 Å². The van der Waals surface area contributed by atoms with E-state index in [0.29, 0.717) is 13.0 Å². The van der Waals surface area contributed by atoms with Crippen LogP contribution in [-0.2, 0) is 14.3 Å². The topological polar surface area (TPSA) is 102 Å². The van der Waals surface area contributed by atoms with Gasteiger partial charge in [-0.25, -0.2) is 0 Å². The Morgan fingerprint density at radius 2 is 2.29 bits per heavy atom. The average Bonchev–Trinajstić information content (AvgIpc) is 2.61. The van der Waals surface area contributed by atoms with Gasteiger partial charge in [0.15, 0.2) is 0 Å². The first kappa shape index (κ1) is 13.9. The van der Waals surface area contributed by atoms with E-state index in [1.165, 1.54) is 0 Å². The summed E-state index contributed by atoms with van der Waals surface area (Å²) in [6.45, 7) is 4.26. The molecule has 0 spiro atoms. The van der Waals surface area contributed by atoms with E-state index in [4.69, 9.17) is 15.6 Å². The van der Waals surface area contributed by atoms with Crippen LogP contribution in [0.25, 0.3) is 0 Å². The maximum absolute atomic E-state index is 11.7. The number of rotatable bonds is 5. The fraction of sp³-hybridized carbons (Fsp3) is 0.818. The van der Waals surface area contributed by atoms with Crippen LogP contribution in [0.1, 0.15) is 20.3 Å². The third kappa shape index (κ3) is 3.17. The number of ether oxygens (including phenoxy) is 1. The molecule has 1 rings (SSSR count). The van der Waals surface area contributed by atoms with Crippen LogP contribution in [0.3, 0.4) is 0 Å². The number of hydrogen-bond acceptors (Lipinski definition) is 4. The summed E-state index contributed by atoms with van der Waals surface area (Å²) in [7, 11) is 0. The summed E-state index contributed by atoms with van der Waals surface area (Å²) in [5, 5.41) is 11.8. The molecule has 1 heterocycles. The molecule has 0 bridgehead atoms. The zero-order valence-electron chi connectivity index (χ0n) is 10.2. The van der Waals surface area contributed by atoms with E-state index in [0.717, 1.165) is 0 Å². The lowest BCUT2D eigenvalue weighted by molar-refractivity contribution is -0.149. The molecule has 6 nitrogen and oxygen atoms in total. The van der Waals surface area contributed by atoms with Gasteiger partial charge in [0.05, 0.1) is 19.3 Å². The van der Waals surface area contributed by atoms with Crippen LogP contribution >= 0.6 is 0 Å². The van der Waals surface area contributed by atoms with Gasteiger partial charge in [-0.2, -0.15) is 0 Å². The molecule has 1 saturated heterocycles. The maximum atomic E-state index is 11.7. The molecule has 98 valence electrons. The van der Waals surface area contributed by atoms with Gasteiger partial charge in [-0.15, -0.1) is 0 Å². The summed E-state index contributed by atoms with van der Waals surface area (Å²) in [5.41, 5.74) is 4.39. The number of carboxylic acids is 1. The zero-order chi connectivity index (χ0) is 13.1. The Balaban J connectivity index is 2.56. The van der Waals surface area contributed by atoms with Crippen molar-refractivity contribution < 1.29 is 19.4 Å². The van der Waals surface area contributed by atoms with Gasteiger partial charge in [-0.3, -0.25) is 9.59 Å². The summed E-state index contributed by atoms with van der Waals surface area (Å²) >= 11 is 0. The monoisotopic (exact) mass is 244 g/mol. The van der Waals surface area contributed by atoms with Gasteiger partial charge in [0.1, 0.15) is 5.41 Å². The molecule has 0 saturated carbocycles. The van der Waals surface area contributed by atoms with Crippen molar-refractivity contribution in [1.82, 2.24) is 5.32 Å². The number of carbonyl (C=O) groups excluding carboxylic acids is 1. The van der Waals surface area contributed by atoms with Gasteiger partial charge in [-0.1, -0.05) is 6.92 Å². The molecule has 0 aromatic rings. The van der Waals surface area contributed by atoms with Crippen molar-refractivity contribution in [3.8, 4) is 0 Å². The second-order valence-corrected chi connectivity index (χ2v) is 4.90. The minimum atomic E-state index is -1.04. The Labute approximate surface area is 101 Å². The molecule has 3 atom stereocenters. The third-order valence-corrected chi connectivity index (χ3v) is 3.22. The van der Waals surface area contributed by atoms with Crippen LogP contribution in [0.2, 0.25) is 0 Å². The Bertz CT molecular complexity index is 308. The van der Waals surface area contributed by atoms with Crippen LogP contribution in [0.5, 0.6) is 0 Å². The summed E-state index contributed by atoms with van der Waals surface area (Å²) in [4.78, 5) is 22.8. The lowest BCUT2D eigenvalue weighted by Gasteiger charge is -2.25. The van der Waals surface area contributed by atoms with Crippen molar-refractivity contribution in [3.05, 3.63) is 0 Å². The Morgan fingerprint density at radius 3 is 2.82 bits per heavy atom. The molecule has 0 aromatic heterocycles. The first-order chi connectivity index (χ1) is 7.90. The quantitative estimate of drug-likeness (QED) is 0.609. The summed E-state index contributed by atoms with van der Waals surface area (Å²) < 4.78 is 5.15. The predicted molar refractivity (Wildman–Crippen MR) is 61.3 cm³/mol. The Morgan fingerprint density at radius 1 is 1.65 bits per heavy atom. The van der Waals surface area contributed by atoms with E-state index in [9.17, 15) is 9.59 Å². The van der Waals surface area contributed by atoms with Crippen molar-refractivity contribution in [1.29, 1.82) is 0 Å². The van der Waals surface area contributed by atoms with E-state index < -0.39 is 17.4 Å². The molecule has 1 amide bonds. The fourth-order valence-electron chi connectivity index (χ4n) is 1.74. The van der Waals surface area contributed by atoms with Crippen molar-refractivity contribution in [2.45, 2.75) is 26.3 Å².